The van der Waals surface area contributed by atoms with Gasteiger partial charge in [0.1, 0.15) is 5.75 Å². The Morgan fingerprint density at radius 1 is 1.25 bits per heavy atom. The molecule has 102 valence electrons. The second-order valence-corrected chi connectivity index (χ2v) is 5.21. The largest absolute Gasteiger partial charge is 0.472 e. The number of anilines is 1. The van der Waals surface area contributed by atoms with Crippen molar-refractivity contribution >= 4 is 5.69 Å². The van der Waals surface area contributed by atoms with Gasteiger partial charge in [0, 0.05) is 17.8 Å². The molecule has 1 aliphatic heterocycles. The van der Waals surface area contributed by atoms with Crippen LogP contribution in [0.15, 0.2) is 55.1 Å². The molecule has 20 heavy (non-hydrogen) atoms. The Labute approximate surface area is 120 Å². The molecule has 0 N–H and O–H groups in total. The highest BCUT2D eigenvalue weighted by molar-refractivity contribution is 5.53. The Bertz CT molecular complexity index is 619. The molecule has 0 fully saturated rings. The summed E-state index contributed by atoms with van der Waals surface area (Å²) in [5, 5.41) is 0. The lowest BCUT2D eigenvalue weighted by Gasteiger charge is -2.32. The van der Waals surface area contributed by atoms with Crippen LogP contribution >= 0.6 is 0 Å². The third-order valence-corrected chi connectivity index (χ3v) is 3.60. The number of allylic oxidation sites excluding steroid dienone is 1. The normalized spacial score (nSPS) is 13.6. The number of rotatable bonds is 3. The quantitative estimate of drug-likeness (QED) is 0.775. The van der Waals surface area contributed by atoms with E-state index >= 15 is 0 Å². The summed E-state index contributed by atoms with van der Waals surface area (Å²) in [7, 11) is 0. The van der Waals surface area contributed by atoms with Gasteiger partial charge in [-0.2, -0.15) is 0 Å². The van der Waals surface area contributed by atoms with Crippen molar-refractivity contribution in [1.29, 1.82) is 0 Å². The number of hydrogen-bond donors (Lipinski definition) is 0. The summed E-state index contributed by atoms with van der Waals surface area (Å²) >= 11 is 0. The second kappa shape index (κ2) is 5.41. The maximum Gasteiger partial charge on any atom is 0.161 e. The molecule has 2 aromatic carbocycles. The molecule has 0 bridgehead atoms. The van der Waals surface area contributed by atoms with E-state index in [0.29, 0.717) is 6.73 Å². The summed E-state index contributed by atoms with van der Waals surface area (Å²) < 4.78 is 6.01. The highest BCUT2D eigenvalue weighted by Crippen LogP contribution is 2.33. The zero-order valence-electron chi connectivity index (χ0n) is 11.8. The first-order chi connectivity index (χ1) is 9.78. The second-order valence-electron chi connectivity index (χ2n) is 5.21. The first-order valence-electron chi connectivity index (χ1n) is 6.94. The number of ether oxygens (including phenoxy) is 1. The fourth-order valence-corrected chi connectivity index (χ4v) is 2.74. The SMILES string of the molecule is C=CCc1cc(C)cc2c1OCN(c1ccccc1)C2. The lowest BCUT2D eigenvalue weighted by Crippen LogP contribution is -2.32. The van der Waals surface area contributed by atoms with E-state index in [1.807, 2.05) is 12.1 Å². The lowest BCUT2D eigenvalue weighted by molar-refractivity contribution is 0.286. The van der Waals surface area contributed by atoms with E-state index < -0.39 is 0 Å². The summed E-state index contributed by atoms with van der Waals surface area (Å²) in [6.45, 7) is 7.46. The summed E-state index contributed by atoms with van der Waals surface area (Å²) in [5.41, 5.74) is 4.98. The van der Waals surface area contributed by atoms with E-state index in [-0.39, 0.29) is 0 Å². The molecule has 1 heterocycles. The van der Waals surface area contributed by atoms with Crippen LogP contribution in [0.5, 0.6) is 5.75 Å². The molecular weight excluding hydrogens is 246 g/mol. The molecule has 0 aromatic heterocycles. The number of aryl methyl sites for hydroxylation is 1. The number of nitrogens with zero attached hydrogens (tertiary/aromatic N) is 1. The van der Waals surface area contributed by atoms with Gasteiger partial charge >= 0.3 is 0 Å². The molecule has 0 amide bonds. The van der Waals surface area contributed by atoms with Crippen LogP contribution in [-0.4, -0.2) is 6.73 Å². The van der Waals surface area contributed by atoms with Gasteiger partial charge in [-0.25, -0.2) is 0 Å². The van der Waals surface area contributed by atoms with Crippen LogP contribution < -0.4 is 9.64 Å². The fourth-order valence-electron chi connectivity index (χ4n) is 2.74. The van der Waals surface area contributed by atoms with E-state index in [4.69, 9.17) is 4.74 Å². The van der Waals surface area contributed by atoms with Crippen LogP contribution in [0.3, 0.4) is 0 Å². The van der Waals surface area contributed by atoms with Crippen LogP contribution in [0.2, 0.25) is 0 Å². The molecule has 0 unspecified atom stereocenters. The minimum absolute atomic E-state index is 0.601. The molecule has 2 aromatic rings. The molecule has 0 saturated heterocycles. The van der Waals surface area contributed by atoms with Gasteiger partial charge < -0.3 is 9.64 Å². The Morgan fingerprint density at radius 2 is 2.05 bits per heavy atom. The van der Waals surface area contributed by atoms with Gasteiger partial charge in [0.05, 0.1) is 0 Å². The maximum atomic E-state index is 6.01. The van der Waals surface area contributed by atoms with Gasteiger partial charge in [0.25, 0.3) is 0 Å². The van der Waals surface area contributed by atoms with Crippen molar-refractivity contribution in [1.82, 2.24) is 0 Å². The van der Waals surface area contributed by atoms with Gasteiger partial charge in [-0.3, -0.25) is 0 Å². The van der Waals surface area contributed by atoms with Gasteiger partial charge in [-0.05, 0) is 31.0 Å². The molecule has 0 saturated carbocycles. The molecule has 0 aliphatic carbocycles. The third kappa shape index (κ3) is 2.42. The highest BCUT2D eigenvalue weighted by Gasteiger charge is 2.20. The van der Waals surface area contributed by atoms with E-state index in [9.17, 15) is 0 Å². The van der Waals surface area contributed by atoms with Gasteiger partial charge in [0.15, 0.2) is 6.73 Å². The minimum Gasteiger partial charge on any atom is -0.472 e. The molecule has 0 spiro atoms. The van der Waals surface area contributed by atoms with Crippen molar-refractivity contribution in [2.75, 3.05) is 11.6 Å². The van der Waals surface area contributed by atoms with Gasteiger partial charge in [0.2, 0.25) is 0 Å². The highest BCUT2D eigenvalue weighted by atomic mass is 16.5. The molecule has 3 rings (SSSR count). The van der Waals surface area contributed by atoms with E-state index in [0.717, 1.165) is 18.7 Å². The molecule has 0 atom stereocenters. The maximum absolute atomic E-state index is 6.01. The van der Waals surface area contributed by atoms with E-state index in [1.54, 1.807) is 0 Å². The number of benzene rings is 2. The average molecular weight is 265 g/mol. The van der Waals surface area contributed by atoms with Crippen LogP contribution in [0.25, 0.3) is 0 Å². The number of para-hydroxylation sites is 1. The summed E-state index contributed by atoms with van der Waals surface area (Å²) in [6.07, 6.45) is 2.79. The third-order valence-electron chi connectivity index (χ3n) is 3.60. The Balaban J connectivity index is 1.93. The zero-order chi connectivity index (χ0) is 13.9. The van der Waals surface area contributed by atoms with Crippen LogP contribution in [0.4, 0.5) is 5.69 Å². The van der Waals surface area contributed by atoms with Crippen molar-refractivity contribution in [2.45, 2.75) is 19.9 Å². The van der Waals surface area contributed by atoms with Crippen molar-refractivity contribution in [3.63, 3.8) is 0 Å². The van der Waals surface area contributed by atoms with Crippen LogP contribution in [0, 0.1) is 6.92 Å². The molecular formula is C18H19NO. The number of fused-ring (bicyclic) bond motifs is 1. The standard InChI is InChI=1S/C18H19NO/c1-3-7-15-10-14(2)11-16-12-19(13-20-18(15)16)17-8-5-4-6-9-17/h3-6,8-11H,1,7,12-13H2,2H3. The summed E-state index contributed by atoms with van der Waals surface area (Å²) in [5.74, 6) is 1.04. The van der Waals surface area contributed by atoms with Crippen molar-refractivity contribution < 1.29 is 4.74 Å². The van der Waals surface area contributed by atoms with E-state index in [2.05, 4.69) is 54.8 Å². The smallest absolute Gasteiger partial charge is 0.161 e. The summed E-state index contributed by atoms with van der Waals surface area (Å²) in [6, 6.07) is 14.8. The summed E-state index contributed by atoms with van der Waals surface area (Å²) in [4.78, 5) is 2.25. The van der Waals surface area contributed by atoms with Crippen LogP contribution in [-0.2, 0) is 13.0 Å². The fraction of sp³-hybridized carbons (Fsp3) is 0.222. The predicted molar refractivity (Wildman–Crippen MR) is 83.2 cm³/mol. The molecule has 2 nitrogen and oxygen atoms in total. The minimum atomic E-state index is 0.601. The Morgan fingerprint density at radius 3 is 2.80 bits per heavy atom. The Hall–Kier alpha value is -2.22. The number of hydrogen-bond acceptors (Lipinski definition) is 2. The zero-order valence-corrected chi connectivity index (χ0v) is 11.8. The van der Waals surface area contributed by atoms with Gasteiger partial charge in [-0.1, -0.05) is 42.0 Å². The first-order valence-corrected chi connectivity index (χ1v) is 6.94. The molecule has 1 aliphatic rings. The van der Waals surface area contributed by atoms with Crippen molar-refractivity contribution in [3.8, 4) is 5.75 Å². The predicted octanol–water partition coefficient (Wildman–Crippen LogP) is 4.08. The average Bonchev–Trinajstić information content (AvgIpc) is 2.47. The van der Waals surface area contributed by atoms with E-state index in [1.165, 1.54) is 22.4 Å². The van der Waals surface area contributed by atoms with Crippen LogP contribution in [0.1, 0.15) is 16.7 Å². The molecule has 2 heteroatoms. The van der Waals surface area contributed by atoms with Gasteiger partial charge in [-0.15, -0.1) is 6.58 Å². The lowest BCUT2D eigenvalue weighted by atomic mass is 10.0. The molecule has 0 radical (unpaired) electrons. The topological polar surface area (TPSA) is 12.5 Å². The monoisotopic (exact) mass is 265 g/mol. The Kier molecular flexibility index (Phi) is 3.46. The first kappa shape index (κ1) is 12.8. The van der Waals surface area contributed by atoms with Crippen molar-refractivity contribution in [2.24, 2.45) is 0 Å². The van der Waals surface area contributed by atoms with Crippen molar-refractivity contribution in [3.05, 3.63) is 71.8 Å².